The maximum Gasteiger partial charge on any atom is 0.586 e. The molecule has 37 heavy (non-hydrogen) atoms. The first-order valence-electron chi connectivity index (χ1n) is 9.93. The Morgan fingerprint density at radius 1 is 1.03 bits per heavy atom. The van der Waals surface area contributed by atoms with Crippen LogP contribution in [0.1, 0.15) is 10.5 Å². The molecule has 0 atom stereocenters. The molecule has 192 valence electrons. The molecule has 5 rings (SSSR count). The van der Waals surface area contributed by atoms with Crippen molar-refractivity contribution in [3.8, 4) is 17.2 Å². The first-order chi connectivity index (χ1) is 17.4. The van der Waals surface area contributed by atoms with E-state index in [1.165, 1.54) is 35.7 Å². The molecule has 2 aromatic heterocycles. The van der Waals surface area contributed by atoms with Crippen LogP contribution in [0.3, 0.4) is 0 Å². The van der Waals surface area contributed by atoms with Gasteiger partial charge in [-0.05, 0) is 12.1 Å². The van der Waals surface area contributed by atoms with Crippen molar-refractivity contribution in [1.82, 2.24) is 15.0 Å². The third kappa shape index (κ3) is 5.45. The minimum atomic E-state index is -4.96. The second-order valence-corrected chi connectivity index (χ2v) is 8.04. The monoisotopic (exact) mass is 542 g/mol. The molecule has 0 saturated heterocycles. The molecule has 4 aromatic rings. The lowest BCUT2D eigenvalue weighted by atomic mass is 10.3. The van der Waals surface area contributed by atoms with Gasteiger partial charge in [-0.15, -0.1) is 33.3 Å². The maximum absolute atomic E-state index is 13.2. The summed E-state index contributed by atoms with van der Waals surface area (Å²) in [6, 6.07) is 6.42. The molecular weight excluding hydrogens is 531 g/mol. The van der Waals surface area contributed by atoms with E-state index in [1.807, 2.05) is 0 Å². The number of nitrogens with one attached hydrogen (secondary N) is 4. The summed E-state index contributed by atoms with van der Waals surface area (Å²) >= 11 is 0.871. The Hall–Kier alpha value is -4.67. The Bertz CT molecular complexity index is 1480. The number of hydrogen-bond acceptors (Lipinski definition) is 8. The van der Waals surface area contributed by atoms with Gasteiger partial charge in [0.25, 0.3) is 5.91 Å². The standard InChI is InChI=1S/C20H11F5N6O5S/c21-19(22,23)34-12-4-2-1-3-8(12)28-17(33)31-18-29-11(7-37-18)15(32)30-16-26-9-5-13-14(6-10(9)27-16)36-20(24,25)35-13/h1-7H,(H2,26,27,30,32)(H2,28,29,31,33). The Labute approximate surface area is 205 Å². The van der Waals surface area contributed by atoms with E-state index < -0.39 is 30.3 Å². The Balaban J connectivity index is 1.22. The average Bonchev–Trinajstić information content (AvgIpc) is 3.47. The number of aromatic amines is 1. The molecule has 1 aliphatic rings. The van der Waals surface area contributed by atoms with Crippen LogP contribution in [0.5, 0.6) is 17.2 Å². The van der Waals surface area contributed by atoms with Gasteiger partial charge in [-0.2, -0.15) is 0 Å². The number of aromatic nitrogens is 3. The predicted octanol–water partition coefficient (Wildman–Crippen LogP) is 5.14. The van der Waals surface area contributed by atoms with Crippen LogP contribution in [0.15, 0.2) is 41.8 Å². The van der Waals surface area contributed by atoms with E-state index in [4.69, 9.17) is 0 Å². The SMILES string of the molecule is O=C(Nc1nc(C(=O)Nc2nc3cc4c(cc3[nH]2)OC(F)(F)O4)cs1)Nc1ccccc1OC(F)(F)F. The number of nitrogens with zero attached hydrogens (tertiary/aromatic N) is 2. The number of carbonyl (C=O) groups excluding carboxylic acids is 2. The highest BCUT2D eigenvalue weighted by molar-refractivity contribution is 7.14. The van der Waals surface area contributed by atoms with E-state index in [2.05, 4.69) is 45.1 Å². The largest absolute Gasteiger partial charge is 0.586 e. The second-order valence-electron chi connectivity index (χ2n) is 7.18. The maximum atomic E-state index is 13.2. The molecule has 11 nitrogen and oxygen atoms in total. The quantitative estimate of drug-likeness (QED) is 0.256. The topological polar surface area (TPSA) is 139 Å². The molecule has 0 unspecified atom stereocenters. The molecule has 0 bridgehead atoms. The number of alkyl halides is 5. The third-order valence-electron chi connectivity index (χ3n) is 4.56. The van der Waals surface area contributed by atoms with Gasteiger partial charge in [-0.25, -0.2) is 14.8 Å². The summed E-state index contributed by atoms with van der Waals surface area (Å²) in [6.45, 7) is 0. The first-order valence-corrected chi connectivity index (χ1v) is 10.8. The average molecular weight is 542 g/mol. The van der Waals surface area contributed by atoms with Crippen LogP contribution in [0.25, 0.3) is 11.0 Å². The zero-order chi connectivity index (χ0) is 26.4. The van der Waals surface area contributed by atoms with Crippen molar-refractivity contribution < 1.29 is 45.8 Å². The van der Waals surface area contributed by atoms with E-state index in [0.29, 0.717) is 0 Å². The first kappa shape index (κ1) is 24.0. The van der Waals surface area contributed by atoms with Crippen molar-refractivity contribution >= 4 is 51.1 Å². The number of ether oxygens (including phenoxy) is 3. The molecule has 0 spiro atoms. The molecule has 0 saturated carbocycles. The molecule has 0 fully saturated rings. The van der Waals surface area contributed by atoms with Crippen LogP contribution in [0.4, 0.5) is 43.5 Å². The number of thiazole rings is 1. The third-order valence-corrected chi connectivity index (χ3v) is 5.31. The van der Waals surface area contributed by atoms with Gasteiger partial charge in [-0.3, -0.25) is 15.4 Å². The fourth-order valence-electron chi connectivity index (χ4n) is 3.15. The molecule has 17 heteroatoms. The number of anilines is 3. The minimum Gasteiger partial charge on any atom is -0.404 e. The highest BCUT2D eigenvalue weighted by Gasteiger charge is 2.43. The summed E-state index contributed by atoms with van der Waals surface area (Å²) < 4.78 is 76.6. The summed E-state index contributed by atoms with van der Waals surface area (Å²) in [6.07, 6.45) is -8.74. The van der Waals surface area contributed by atoms with Crippen LogP contribution < -0.4 is 30.2 Å². The van der Waals surface area contributed by atoms with Gasteiger partial charge in [0.2, 0.25) is 5.95 Å². The number of imidazole rings is 1. The van der Waals surface area contributed by atoms with E-state index >= 15 is 0 Å². The van der Waals surface area contributed by atoms with Crippen LogP contribution in [0, 0.1) is 0 Å². The number of para-hydroxylation sites is 2. The number of urea groups is 1. The van der Waals surface area contributed by atoms with E-state index in [-0.39, 0.29) is 45.0 Å². The number of amides is 3. The second kappa shape index (κ2) is 8.77. The van der Waals surface area contributed by atoms with E-state index in [9.17, 15) is 31.5 Å². The summed E-state index contributed by atoms with van der Waals surface area (Å²) in [5.74, 6) is -1.80. The number of H-pyrrole nitrogens is 1. The molecule has 2 aromatic carbocycles. The fourth-order valence-corrected chi connectivity index (χ4v) is 3.84. The van der Waals surface area contributed by atoms with Gasteiger partial charge < -0.3 is 24.5 Å². The van der Waals surface area contributed by atoms with Crippen molar-refractivity contribution in [1.29, 1.82) is 0 Å². The number of rotatable bonds is 5. The number of halogens is 5. The lowest BCUT2D eigenvalue weighted by molar-refractivity contribution is -0.286. The molecule has 0 radical (unpaired) electrons. The van der Waals surface area contributed by atoms with Gasteiger partial charge in [0.15, 0.2) is 22.4 Å². The van der Waals surface area contributed by atoms with Gasteiger partial charge in [-0.1, -0.05) is 12.1 Å². The summed E-state index contributed by atoms with van der Waals surface area (Å²) in [4.78, 5) is 35.5. The Kier molecular flexibility index (Phi) is 5.70. The normalized spacial score (nSPS) is 13.9. The Morgan fingerprint density at radius 3 is 2.51 bits per heavy atom. The molecule has 1 aliphatic heterocycles. The number of benzene rings is 2. The highest BCUT2D eigenvalue weighted by Crippen LogP contribution is 2.43. The molecular formula is C20H11F5N6O5S. The van der Waals surface area contributed by atoms with Crippen molar-refractivity contribution in [2.45, 2.75) is 12.7 Å². The predicted molar refractivity (Wildman–Crippen MR) is 118 cm³/mol. The molecule has 0 aliphatic carbocycles. The lowest BCUT2D eigenvalue weighted by Gasteiger charge is -2.13. The fraction of sp³-hybridized carbons (Fsp3) is 0.100. The van der Waals surface area contributed by atoms with Crippen LogP contribution in [-0.4, -0.2) is 39.5 Å². The molecule has 3 amide bonds. The molecule has 3 heterocycles. The van der Waals surface area contributed by atoms with Crippen molar-refractivity contribution in [2.24, 2.45) is 0 Å². The zero-order valence-electron chi connectivity index (χ0n) is 17.8. The lowest BCUT2D eigenvalue weighted by Crippen LogP contribution is -2.25. The van der Waals surface area contributed by atoms with Gasteiger partial charge in [0.1, 0.15) is 5.69 Å². The van der Waals surface area contributed by atoms with Gasteiger partial charge >= 0.3 is 18.7 Å². The zero-order valence-corrected chi connectivity index (χ0v) is 18.6. The minimum absolute atomic E-state index is 0.0306. The summed E-state index contributed by atoms with van der Waals surface area (Å²) in [5, 5.41) is 8.22. The summed E-state index contributed by atoms with van der Waals surface area (Å²) in [5.41, 5.74) is 0.127. The number of hydrogen-bond donors (Lipinski definition) is 4. The van der Waals surface area contributed by atoms with Crippen LogP contribution in [-0.2, 0) is 0 Å². The van der Waals surface area contributed by atoms with E-state index in [1.54, 1.807) is 0 Å². The smallest absolute Gasteiger partial charge is 0.404 e. The van der Waals surface area contributed by atoms with Gasteiger partial charge in [0.05, 0.1) is 16.7 Å². The number of fused-ring (bicyclic) bond motifs is 2. The van der Waals surface area contributed by atoms with Crippen molar-refractivity contribution in [2.75, 3.05) is 16.0 Å². The Morgan fingerprint density at radius 2 is 1.76 bits per heavy atom. The molecule has 4 N–H and O–H groups in total. The number of carbonyl (C=O) groups is 2. The summed E-state index contributed by atoms with van der Waals surface area (Å²) in [7, 11) is 0. The van der Waals surface area contributed by atoms with Crippen molar-refractivity contribution in [3.63, 3.8) is 0 Å². The van der Waals surface area contributed by atoms with Crippen molar-refractivity contribution in [3.05, 3.63) is 47.5 Å². The van der Waals surface area contributed by atoms with E-state index in [0.717, 1.165) is 17.4 Å². The van der Waals surface area contributed by atoms with Gasteiger partial charge in [0, 0.05) is 17.5 Å². The van der Waals surface area contributed by atoms with Crippen LogP contribution in [0.2, 0.25) is 0 Å². The van der Waals surface area contributed by atoms with Crippen LogP contribution >= 0.6 is 11.3 Å². The highest BCUT2D eigenvalue weighted by atomic mass is 32.1.